The summed E-state index contributed by atoms with van der Waals surface area (Å²) in [6, 6.07) is 15.3. The summed E-state index contributed by atoms with van der Waals surface area (Å²) in [5.41, 5.74) is 1.64. The van der Waals surface area contributed by atoms with Crippen molar-refractivity contribution in [3.8, 4) is 22.9 Å². The summed E-state index contributed by atoms with van der Waals surface area (Å²) in [5.74, 6) is 2.13. The third-order valence-corrected chi connectivity index (χ3v) is 5.15. The van der Waals surface area contributed by atoms with Crippen LogP contribution in [0.1, 0.15) is 12.8 Å². The van der Waals surface area contributed by atoms with Crippen molar-refractivity contribution in [2.75, 3.05) is 6.61 Å². The van der Waals surface area contributed by atoms with Crippen molar-refractivity contribution in [1.29, 1.82) is 0 Å². The Morgan fingerprint density at radius 3 is 2.71 bits per heavy atom. The van der Waals surface area contributed by atoms with Gasteiger partial charge in [-0.05, 0) is 53.7 Å². The third-order valence-electron chi connectivity index (χ3n) is 3.72. The molecule has 8 nitrogen and oxygen atoms in total. The fraction of sp³-hybridized carbons (Fsp3) is 0.167. The van der Waals surface area contributed by atoms with Gasteiger partial charge in [0.25, 0.3) is 0 Å². The highest BCUT2D eigenvalue weighted by Gasteiger charge is 2.15. The lowest BCUT2D eigenvalue weighted by Crippen LogP contribution is -2.03. The van der Waals surface area contributed by atoms with Crippen molar-refractivity contribution >= 4 is 27.7 Å². The Bertz CT molecular complexity index is 1070. The topological polar surface area (TPSA) is 91.8 Å². The van der Waals surface area contributed by atoms with E-state index < -0.39 is 0 Å². The van der Waals surface area contributed by atoms with E-state index >= 15 is 0 Å². The second kappa shape index (κ2) is 8.53. The average molecular weight is 459 g/mol. The molecule has 2 aromatic heterocycles. The molecule has 2 heterocycles. The number of para-hydroxylation sites is 2. The minimum Gasteiger partial charge on any atom is -0.492 e. The Balaban J connectivity index is 1.50. The summed E-state index contributed by atoms with van der Waals surface area (Å²) in [7, 11) is 0. The zero-order chi connectivity index (χ0) is 19.3. The van der Waals surface area contributed by atoms with Crippen LogP contribution in [0.15, 0.2) is 62.6 Å². The normalized spacial score (nSPS) is 10.9. The Morgan fingerprint density at radius 1 is 1.07 bits per heavy atom. The lowest BCUT2D eigenvalue weighted by atomic mass is 10.2. The van der Waals surface area contributed by atoms with Crippen LogP contribution in [0.25, 0.3) is 17.1 Å². The summed E-state index contributed by atoms with van der Waals surface area (Å²) < 4.78 is 14.1. The Hall–Kier alpha value is -2.72. The molecular weight excluding hydrogens is 444 g/mol. The van der Waals surface area contributed by atoms with Crippen molar-refractivity contribution in [2.24, 2.45) is 0 Å². The quantitative estimate of drug-likeness (QED) is 0.381. The van der Waals surface area contributed by atoms with Gasteiger partial charge in [0.15, 0.2) is 0 Å². The van der Waals surface area contributed by atoms with E-state index in [2.05, 4.69) is 41.7 Å². The molecule has 0 aliphatic heterocycles. The van der Waals surface area contributed by atoms with Crippen LogP contribution in [0.3, 0.4) is 0 Å². The van der Waals surface area contributed by atoms with Gasteiger partial charge in [-0.15, -0.1) is 15.3 Å². The lowest BCUT2D eigenvalue weighted by Gasteiger charge is -2.10. The Kier molecular flexibility index (Phi) is 5.68. The summed E-state index contributed by atoms with van der Waals surface area (Å²) in [4.78, 5) is 0. The molecule has 0 N–H and O–H groups in total. The number of hydrogen-bond donors (Lipinski definition) is 0. The van der Waals surface area contributed by atoms with Crippen LogP contribution in [-0.4, -0.2) is 37.0 Å². The van der Waals surface area contributed by atoms with E-state index in [0.29, 0.717) is 29.3 Å². The van der Waals surface area contributed by atoms with Gasteiger partial charge in [-0.25, -0.2) is 0 Å². The first kappa shape index (κ1) is 18.6. The zero-order valence-corrected chi connectivity index (χ0v) is 17.2. The predicted octanol–water partition coefficient (Wildman–Crippen LogP) is 4.17. The monoisotopic (exact) mass is 458 g/mol. The van der Waals surface area contributed by atoms with Crippen molar-refractivity contribution in [1.82, 2.24) is 30.4 Å². The van der Waals surface area contributed by atoms with E-state index in [1.165, 1.54) is 11.8 Å². The number of hydrogen-bond acceptors (Lipinski definition) is 8. The van der Waals surface area contributed by atoms with Gasteiger partial charge < -0.3 is 9.15 Å². The van der Waals surface area contributed by atoms with E-state index in [-0.39, 0.29) is 0 Å². The molecule has 0 atom stereocenters. The van der Waals surface area contributed by atoms with Crippen molar-refractivity contribution in [2.45, 2.75) is 17.8 Å². The summed E-state index contributed by atoms with van der Waals surface area (Å²) >= 11 is 4.82. The fourth-order valence-electron chi connectivity index (χ4n) is 2.48. The molecule has 0 unspecified atom stereocenters. The summed E-state index contributed by atoms with van der Waals surface area (Å²) in [6.45, 7) is 2.49. The molecule has 0 spiro atoms. The minimum absolute atomic E-state index is 0.445. The van der Waals surface area contributed by atoms with Gasteiger partial charge in [-0.1, -0.05) is 39.8 Å². The highest BCUT2D eigenvalue weighted by Crippen LogP contribution is 2.28. The molecule has 2 aromatic carbocycles. The smallest absolute Gasteiger partial charge is 0.247 e. The van der Waals surface area contributed by atoms with Gasteiger partial charge in [0.2, 0.25) is 16.9 Å². The SMILES string of the molecule is CCOc1ccccc1-n1nnnc1SCc1nnc(-c2ccc(Br)cc2)o1. The molecule has 0 aliphatic rings. The molecule has 0 saturated carbocycles. The number of tetrazole rings is 1. The summed E-state index contributed by atoms with van der Waals surface area (Å²) in [6.07, 6.45) is 0. The van der Waals surface area contributed by atoms with E-state index in [9.17, 15) is 0 Å². The first-order chi connectivity index (χ1) is 13.7. The molecule has 0 aliphatic carbocycles. The van der Waals surface area contributed by atoms with Crippen LogP contribution in [0.5, 0.6) is 5.75 Å². The lowest BCUT2D eigenvalue weighted by molar-refractivity contribution is 0.337. The fourth-order valence-corrected chi connectivity index (χ4v) is 3.46. The van der Waals surface area contributed by atoms with E-state index in [4.69, 9.17) is 9.15 Å². The molecule has 4 rings (SSSR count). The maximum atomic E-state index is 5.75. The highest BCUT2D eigenvalue weighted by atomic mass is 79.9. The van der Waals surface area contributed by atoms with E-state index in [1.807, 2.05) is 55.5 Å². The Morgan fingerprint density at radius 2 is 1.89 bits per heavy atom. The number of nitrogens with zero attached hydrogens (tertiary/aromatic N) is 6. The molecular formula is C18H15BrN6O2S. The van der Waals surface area contributed by atoms with Crippen LogP contribution in [0, 0.1) is 0 Å². The molecule has 0 amide bonds. The van der Waals surface area contributed by atoms with Crippen LogP contribution >= 0.6 is 27.7 Å². The van der Waals surface area contributed by atoms with Crippen LogP contribution in [-0.2, 0) is 5.75 Å². The van der Waals surface area contributed by atoms with Gasteiger partial charge in [0.05, 0.1) is 12.4 Å². The molecule has 0 saturated heterocycles. The predicted molar refractivity (Wildman–Crippen MR) is 107 cm³/mol. The molecule has 4 aromatic rings. The van der Waals surface area contributed by atoms with Gasteiger partial charge in [-0.2, -0.15) is 4.68 Å². The molecule has 0 fully saturated rings. The first-order valence-electron chi connectivity index (χ1n) is 8.46. The first-order valence-corrected chi connectivity index (χ1v) is 10.2. The third kappa shape index (κ3) is 4.07. The largest absolute Gasteiger partial charge is 0.492 e. The molecule has 142 valence electrons. The standard InChI is InChI=1S/C18H15BrN6O2S/c1-2-26-15-6-4-3-5-14(15)25-18(22-23-24-25)28-11-16-20-21-17(27-16)12-7-9-13(19)10-8-12/h3-10H,2,11H2,1H3. The second-order valence-electron chi connectivity index (χ2n) is 5.57. The number of rotatable bonds is 7. The number of thioether (sulfide) groups is 1. The number of aromatic nitrogens is 6. The van der Waals surface area contributed by atoms with Crippen molar-refractivity contribution in [3.63, 3.8) is 0 Å². The molecule has 0 radical (unpaired) electrons. The van der Waals surface area contributed by atoms with Crippen LogP contribution in [0.2, 0.25) is 0 Å². The average Bonchev–Trinajstić information content (AvgIpc) is 3.37. The molecule has 28 heavy (non-hydrogen) atoms. The van der Waals surface area contributed by atoms with Gasteiger partial charge >= 0.3 is 0 Å². The van der Waals surface area contributed by atoms with Crippen molar-refractivity contribution in [3.05, 3.63) is 58.9 Å². The molecule has 10 heteroatoms. The number of halogens is 1. The maximum absolute atomic E-state index is 5.75. The number of benzene rings is 2. The minimum atomic E-state index is 0.445. The van der Waals surface area contributed by atoms with Crippen LogP contribution in [0.4, 0.5) is 0 Å². The maximum Gasteiger partial charge on any atom is 0.247 e. The second-order valence-corrected chi connectivity index (χ2v) is 7.43. The van der Waals surface area contributed by atoms with Crippen molar-refractivity contribution < 1.29 is 9.15 Å². The van der Waals surface area contributed by atoms with Gasteiger partial charge in [0.1, 0.15) is 11.4 Å². The summed E-state index contributed by atoms with van der Waals surface area (Å²) in [5, 5.41) is 20.8. The zero-order valence-electron chi connectivity index (χ0n) is 14.8. The van der Waals surface area contributed by atoms with Crippen LogP contribution < -0.4 is 4.74 Å². The highest BCUT2D eigenvalue weighted by molar-refractivity contribution is 9.10. The van der Waals surface area contributed by atoms with Gasteiger partial charge in [-0.3, -0.25) is 0 Å². The Labute approximate surface area is 173 Å². The van der Waals surface area contributed by atoms with E-state index in [0.717, 1.165) is 21.5 Å². The van der Waals surface area contributed by atoms with Gasteiger partial charge in [0, 0.05) is 10.0 Å². The molecule has 0 bridgehead atoms. The number of ether oxygens (including phenoxy) is 1. The van der Waals surface area contributed by atoms with E-state index in [1.54, 1.807) is 4.68 Å².